The summed E-state index contributed by atoms with van der Waals surface area (Å²) in [6, 6.07) is 4.89. The minimum absolute atomic E-state index is 0.0143. The molecule has 0 spiro atoms. The molecule has 0 saturated carbocycles. The van der Waals surface area contributed by atoms with E-state index in [4.69, 9.17) is 4.74 Å². The quantitative estimate of drug-likeness (QED) is 0.585. The Morgan fingerprint density at radius 1 is 1.50 bits per heavy atom. The van der Waals surface area contributed by atoms with Crippen LogP contribution in [0.5, 0.6) is 5.75 Å². The lowest BCUT2D eigenvalue weighted by molar-refractivity contribution is -0.385. The molecule has 5 nitrogen and oxygen atoms in total. The highest BCUT2D eigenvalue weighted by Crippen LogP contribution is 2.31. The molecular weight excluding hydrogens is 184 g/mol. The molecular formula is C9H8N2O3. The molecule has 2 rings (SSSR count). The number of hydrogen-bond acceptors (Lipinski definition) is 3. The van der Waals surface area contributed by atoms with Crippen LogP contribution in [0.4, 0.5) is 5.69 Å². The number of hydrogen-bond donors (Lipinski definition) is 1. The maximum Gasteiger partial charge on any atom is 0.311 e. The highest BCUT2D eigenvalue weighted by Gasteiger charge is 2.15. The Labute approximate surface area is 79.5 Å². The fraction of sp³-hybridized carbons (Fsp3) is 0.111. The van der Waals surface area contributed by atoms with E-state index in [1.54, 1.807) is 18.3 Å². The normalized spacial score (nSPS) is 10.4. The fourth-order valence-electron chi connectivity index (χ4n) is 1.37. The van der Waals surface area contributed by atoms with Gasteiger partial charge < -0.3 is 9.72 Å². The van der Waals surface area contributed by atoms with Crippen LogP contribution in [0.2, 0.25) is 0 Å². The lowest BCUT2D eigenvalue weighted by atomic mass is 10.2. The summed E-state index contributed by atoms with van der Waals surface area (Å²) in [5, 5.41) is 11.5. The second kappa shape index (κ2) is 3.02. The van der Waals surface area contributed by atoms with Gasteiger partial charge in [0.05, 0.1) is 12.0 Å². The first-order chi connectivity index (χ1) is 6.72. The van der Waals surface area contributed by atoms with E-state index in [-0.39, 0.29) is 11.4 Å². The summed E-state index contributed by atoms with van der Waals surface area (Å²) < 4.78 is 4.92. The van der Waals surface area contributed by atoms with Crippen molar-refractivity contribution in [3.8, 4) is 5.75 Å². The summed E-state index contributed by atoms with van der Waals surface area (Å²) in [6.45, 7) is 0. The first-order valence-corrected chi connectivity index (χ1v) is 4.02. The number of H-pyrrole nitrogens is 1. The van der Waals surface area contributed by atoms with Crippen LogP contribution in [-0.4, -0.2) is 17.0 Å². The topological polar surface area (TPSA) is 68.2 Å². The zero-order valence-corrected chi connectivity index (χ0v) is 7.48. The van der Waals surface area contributed by atoms with Gasteiger partial charge in [-0.15, -0.1) is 0 Å². The number of benzene rings is 1. The van der Waals surface area contributed by atoms with Crippen LogP contribution >= 0.6 is 0 Å². The Morgan fingerprint density at radius 3 is 2.93 bits per heavy atom. The minimum atomic E-state index is -0.453. The summed E-state index contributed by atoms with van der Waals surface area (Å²) in [4.78, 5) is 13.2. The second-order valence-corrected chi connectivity index (χ2v) is 2.85. The molecule has 1 N–H and O–H groups in total. The molecule has 1 heterocycles. The maximum atomic E-state index is 10.7. The highest BCUT2D eigenvalue weighted by atomic mass is 16.6. The minimum Gasteiger partial charge on any atom is -0.490 e. The molecule has 72 valence electrons. The van der Waals surface area contributed by atoms with Gasteiger partial charge in [-0.3, -0.25) is 10.1 Å². The number of aromatic amines is 1. The molecule has 0 amide bonds. The van der Waals surface area contributed by atoms with Crippen molar-refractivity contribution in [1.82, 2.24) is 4.98 Å². The van der Waals surface area contributed by atoms with Gasteiger partial charge >= 0.3 is 5.69 Å². The van der Waals surface area contributed by atoms with Gasteiger partial charge in [0.15, 0.2) is 5.75 Å². The van der Waals surface area contributed by atoms with E-state index in [0.717, 1.165) is 10.9 Å². The van der Waals surface area contributed by atoms with Gasteiger partial charge in [-0.05, 0) is 6.07 Å². The first-order valence-electron chi connectivity index (χ1n) is 4.02. The van der Waals surface area contributed by atoms with Crippen LogP contribution in [-0.2, 0) is 0 Å². The van der Waals surface area contributed by atoms with Gasteiger partial charge in [-0.25, -0.2) is 0 Å². The molecule has 0 saturated heterocycles. The number of ether oxygens (including phenoxy) is 1. The molecule has 2 aromatic rings. The van der Waals surface area contributed by atoms with E-state index in [2.05, 4.69) is 4.98 Å². The number of methoxy groups -OCH3 is 1. The number of rotatable bonds is 2. The van der Waals surface area contributed by atoms with Gasteiger partial charge in [0.1, 0.15) is 0 Å². The monoisotopic (exact) mass is 192 g/mol. The molecule has 14 heavy (non-hydrogen) atoms. The first kappa shape index (κ1) is 8.55. The van der Waals surface area contributed by atoms with Crippen LogP contribution in [0, 0.1) is 10.1 Å². The van der Waals surface area contributed by atoms with Crippen LogP contribution in [0.25, 0.3) is 10.9 Å². The van der Waals surface area contributed by atoms with Gasteiger partial charge in [-0.2, -0.15) is 0 Å². The van der Waals surface area contributed by atoms with Gasteiger partial charge in [0.25, 0.3) is 0 Å². The summed E-state index contributed by atoms with van der Waals surface area (Å²) in [5.41, 5.74) is 0.812. The third-order valence-electron chi connectivity index (χ3n) is 2.05. The predicted molar refractivity (Wildman–Crippen MR) is 51.5 cm³/mol. The van der Waals surface area contributed by atoms with Crippen molar-refractivity contribution in [2.45, 2.75) is 0 Å². The number of nitro benzene ring substituents is 1. The van der Waals surface area contributed by atoms with Crippen LogP contribution < -0.4 is 4.74 Å². The maximum absolute atomic E-state index is 10.7. The van der Waals surface area contributed by atoms with Crippen LogP contribution in [0.3, 0.4) is 0 Å². The SMILES string of the molecule is COc1cc2[nH]ccc2cc1[N+](=O)[O-]. The lowest BCUT2D eigenvalue weighted by Gasteiger charge is -2.00. The largest absolute Gasteiger partial charge is 0.490 e. The van der Waals surface area contributed by atoms with E-state index in [0.29, 0.717) is 0 Å². The molecule has 0 bridgehead atoms. The van der Waals surface area contributed by atoms with Crippen molar-refractivity contribution in [1.29, 1.82) is 0 Å². The number of nitrogens with zero attached hydrogens (tertiary/aromatic N) is 1. The number of nitrogens with one attached hydrogen (secondary N) is 1. The van der Waals surface area contributed by atoms with Crippen molar-refractivity contribution in [3.63, 3.8) is 0 Å². The van der Waals surface area contributed by atoms with Crippen molar-refractivity contribution < 1.29 is 9.66 Å². The lowest BCUT2D eigenvalue weighted by Crippen LogP contribution is -1.93. The molecule has 0 aliphatic heterocycles. The molecule has 1 aromatic carbocycles. The highest BCUT2D eigenvalue weighted by molar-refractivity contribution is 5.84. The standard InChI is InChI=1S/C9H8N2O3/c1-14-9-5-7-6(2-3-10-7)4-8(9)11(12)13/h2-5,10H,1H3. The molecule has 0 aliphatic carbocycles. The van der Waals surface area contributed by atoms with Crippen molar-refractivity contribution in [3.05, 3.63) is 34.5 Å². The Balaban J connectivity index is 2.72. The molecule has 5 heteroatoms. The smallest absolute Gasteiger partial charge is 0.311 e. The van der Waals surface area contributed by atoms with E-state index >= 15 is 0 Å². The van der Waals surface area contributed by atoms with E-state index in [1.165, 1.54) is 13.2 Å². The molecule has 0 aliphatic rings. The van der Waals surface area contributed by atoms with Gasteiger partial charge in [-0.1, -0.05) is 0 Å². The molecule has 0 fully saturated rings. The second-order valence-electron chi connectivity index (χ2n) is 2.85. The summed E-state index contributed by atoms with van der Waals surface area (Å²) in [6.07, 6.45) is 1.73. The fourth-order valence-corrected chi connectivity index (χ4v) is 1.37. The Bertz CT molecular complexity index is 490. The average molecular weight is 192 g/mol. The Morgan fingerprint density at radius 2 is 2.29 bits per heavy atom. The molecule has 0 atom stereocenters. The van der Waals surface area contributed by atoms with Crippen LogP contribution in [0.1, 0.15) is 0 Å². The van der Waals surface area contributed by atoms with E-state index < -0.39 is 4.92 Å². The average Bonchev–Trinajstić information content (AvgIpc) is 2.62. The predicted octanol–water partition coefficient (Wildman–Crippen LogP) is 2.08. The van der Waals surface area contributed by atoms with E-state index in [1.807, 2.05) is 0 Å². The number of fused-ring (bicyclic) bond motifs is 1. The van der Waals surface area contributed by atoms with Crippen molar-refractivity contribution >= 4 is 16.6 Å². The number of nitro groups is 1. The Hall–Kier alpha value is -2.04. The third kappa shape index (κ3) is 1.19. The zero-order chi connectivity index (χ0) is 10.1. The molecule has 0 unspecified atom stereocenters. The summed E-state index contributed by atoms with van der Waals surface area (Å²) in [5.74, 6) is 0.268. The van der Waals surface area contributed by atoms with Crippen LogP contribution in [0.15, 0.2) is 24.4 Å². The van der Waals surface area contributed by atoms with E-state index in [9.17, 15) is 10.1 Å². The summed E-state index contributed by atoms with van der Waals surface area (Å²) in [7, 11) is 1.41. The van der Waals surface area contributed by atoms with Crippen molar-refractivity contribution in [2.24, 2.45) is 0 Å². The Kier molecular flexibility index (Phi) is 1.85. The van der Waals surface area contributed by atoms with Gasteiger partial charge in [0, 0.05) is 29.2 Å². The van der Waals surface area contributed by atoms with Crippen molar-refractivity contribution in [2.75, 3.05) is 7.11 Å². The van der Waals surface area contributed by atoms with Gasteiger partial charge in [0.2, 0.25) is 0 Å². The number of aromatic nitrogens is 1. The third-order valence-corrected chi connectivity index (χ3v) is 2.05. The summed E-state index contributed by atoms with van der Waals surface area (Å²) >= 11 is 0. The molecule has 0 radical (unpaired) electrons. The molecule has 1 aromatic heterocycles. The zero-order valence-electron chi connectivity index (χ0n) is 7.48.